The van der Waals surface area contributed by atoms with E-state index in [1.165, 1.54) is 11.0 Å². The second-order valence-corrected chi connectivity index (χ2v) is 8.92. The molecule has 2 aliphatic heterocycles. The Bertz CT molecular complexity index is 1070. The zero-order chi connectivity index (χ0) is 23.4. The highest BCUT2D eigenvalue weighted by atomic mass is 32.1. The Balaban J connectivity index is 1.40. The number of benzene rings is 2. The molecule has 0 aromatic heterocycles. The van der Waals surface area contributed by atoms with Crippen LogP contribution in [0.25, 0.3) is 4.85 Å². The Kier molecular flexibility index (Phi) is 6.65. The zero-order valence-corrected chi connectivity index (χ0v) is 19.2. The largest absolute Gasteiger partial charge is 0.442 e. The molecule has 0 bridgehead atoms. The van der Waals surface area contributed by atoms with Crippen LogP contribution in [-0.2, 0) is 4.74 Å². The van der Waals surface area contributed by atoms with Gasteiger partial charge >= 0.3 is 11.8 Å². The van der Waals surface area contributed by atoms with Crippen LogP contribution in [0, 0.1) is 12.4 Å². The first kappa shape index (κ1) is 22.8. The number of halogens is 1. The van der Waals surface area contributed by atoms with Crippen molar-refractivity contribution in [1.29, 1.82) is 0 Å². The number of nitrogens with zero attached hydrogens (tertiary/aromatic N) is 3. The van der Waals surface area contributed by atoms with Gasteiger partial charge in [-0.25, -0.2) is 15.8 Å². The molecule has 2 N–H and O–H groups in total. The Morgan fingerprint density at radius 3 is 2.64 bits per heavy atom. The first-order chi connectivity index (χ1) is 15.9. The Morgan fingerprint density at radius 2 is 2.00 bits per heavy atom. The normalized spacial score (nSPS) is 19.5. The van der Waals surface area contributed by atoms with Gasteiger partial charge in [-0.15, -0.1) is 0 Å². The first-order valence-electron chi connectivity index (χ1n) is 10.9. The van der Waals surface area contributed by atoms with E-state index in [1.54, 1.807) is 19.1 Å². The Labute approximate surface area is 198 Å². The van der Waals surface area contributed by atoms with E-state index < -0.39 is 17.6 Å². The van der Waals surface area contributed by atoms with E-state index >= 15 is 4.39 Å². The molecule has 2 heterocycles. The average Bonchev–Trinajstić information content (AvgIpc) is 3.19. The highest BCUT2D eigenvalue weighted by Crippen LogP contribution is 2.33. The van der Waals surface area contributed by atoms with Crippen LogP contribution in [0.4, 0.5) is 26.2 Å². The second-order valence-electron chi connectivity index (χ2n) is 8.31. The van der Waals surface area contributed by atoms with Crippen LogP contribution in [0.2, 0.25) is 0 Å². The van der Waals surface area contributed by atoms with E-state index in [2.05, 4.69) is 15.5 Å². The number of para-hydroxylation sites is 1. The highest BCUT2D eigenvalue weighted by molar-refractivity contribution is 7.80. The maximum atomic E-state index is 15.1. The number of piperidine rings is 1. The number of anilines is 3. The monoisotopic (exact) mass is 467 g/mol. The summed E-state index contributed by atoms with van der Waals surface area (Å²) in [6, 6.07) is 14.5. The van der Waals surface area contributed by atoms with E-state index in [1.807, 2.05) is 35.2 Å². The quantitative estimate of drug-likeness (QED) is 0.485. The number of hydrogen-bond acceptors (Lipinski definition) is 5. The summed E-state index contributed by atoms with van der Waals surface area (Å²) >= 11 is 4.99. The smallest absolute Gasteiger partial charge is 0.414 e. The molecular weight excluding hydrogens is 441 g/mol. The Hall–Kier alpha value is -3.38. The summed E-state index contributed by atoms with van der Waals surface area (Å²) in [7, 11) is 0. The minimum absolute atomic E-state index is 0.329. The molecule has 2 aromatic carbocycles. The minimum atomic E-state index is -0.697. The van der Waals surface area contributed by atoms with Crippen LogP contribution >= 0.6 is 12.2 Å². The molecule has 33 heavy (non-hydrogen) atoms. The number of carbonyl (C=O) groups excluding carboxylic acids is 1. The molecule has 1 atom stereocenters. The summed E-state index contributed by atoms with van der Waals surface area (Å²) in [5, 5.41) is 6.35. The molecule has 2 aromatic rings. The topological polar surface area (TPSA) is 61.2 Å². The van der Waals surface area contributed by atoms with E-state index in [0.29, 0.717) is 55.4 Å². The number of carbonyl (C=O) groups is 1. The standard InChI is InChI=1S/C24H26FN5O2S/c1-17(33)27-15-20-16-30(23(31)32-20)19-8-9-22(21(25)14-19)29-12-10-24(26-2,11-13-29)28-18-6-4-3-5-7-18/h3-9,14,20,28H,10-13,15-16H2,1H3,(H,27,33)/t20-/m0/s1. The van der Waals surface area contributed by atoms with Crippen molar-refractivity contribution in [3.63, 3.8) is 0 Å². The van der Waals surface area contributed by atoms with Gasteiger partial charge in [-0.05, 0) is 37.3 Å². The van der Waals surface area contributed by atoms with Crippen LogP contribution in [0.5, 0.6) is 0 Å². The number of nitrogens with one attached hydrogen (secondary N) is 2. The van der Waals surface area contributed by atoms with Gasteiger partial charge in [0.25, 0.3) is 0 Å². The molecule has 4 rings (SSSR count). The first-order valence-corrected chi connectivity index (χ1v) is 11.3. The SMILES string of the molecule is [C-]#[N+]C1(Nc2ccccc2)CCN(c2ccc(N3C[C@H](CNC(C)=S)OC3=O)cc2F)CC1. The minimum Gasteiger partial charge on any atom is -0.442 e. The number of hydrogen-bond donors (Lipinski definition) is 2. The molecule has 7 nitrogen and oxygen atoms in total. The summed E-state index contributed by atoms with van der Waals surface area (Å²) in [4.78, 5) is 20.1. The van der Waals surface area contributed by atoms with Crippen LogP contribution in [0.1, 0.15) is 19.8 Å². The van der Waals surface area contributed by atoms with Crippen molar-refractivity contribution < 1.29 is 13.9 Å². The Morgan fingerprint density at radius 1 is 1.27 bits per heavy atom. The molecule has 0 saturated carbocycles. The number of rotatable bonds is 6. The summed E-state index contributed by atoms with van der Waals surface area (Å²) in [5.41, 5.74) is 1.14. The summed E-state index contributed by atoms with van der Waals surface area (Å²) in [6.07, 6.45) is 0.291. The van der Waals surface area contributed by atoms with Gasteiger partial charge < -0.3 is 20.3 Å². The number of thiocarbonyl (C=S) groups is 1. The van der Waals surface area contributed by atoms with E-state index in [9.17, 15) is 4.79 Å². The molecule has 0 spiro atoms. The number of ether oxygens (including phenoxy) is 1. The van der Waals surface area contributed by atoms with Crippen LogP contribution in [-0.4, -0.2) is 49.0 Å². The predicted molar refractivity (Wildman–Crippen MR) is 131 cm³/mol. The summed E-state index contributed by atoms with van der Waals surface area (Å²) < 4.78 is 20.4. The van der Waals surface area contributed by atoms with Crippen LogP contribution in [0.15, 0.2) is 48.5 Å². The molecule has 9 heteroatoms. The number of amides is 1. The van der Waals surface area contributed by atoms with Gasteiger partial charge in [-0.3, -0.25) is 9.74 Å². The highest BCUT2D eigenvalue weighted by Gasteiger charge is 2.41. The molecule has 2 aliphatic rings. The molecule has 2 fully saturated rings. The molecule has 0 unspecified atom stereocenters. The van der Waals surface area contributed by atoms with Crippen LogP contribution in [0.3, 0.4) is 0 Å². The van der Waals surface area contributed by atoms with Gasteiger partial charge in [0.2, 0.25) is 0 Å². The van der Waals surface area contributed by atoms with Crippen molar-refractivity contribution in [2.24, 2.45) is 0 Å². The third kappa shape index (κ3) is 5.17. The lowest BCUT2D eigenvalue weighted by atomic mass is 9.96. The van der Waals surface area contributed by atoms with Gasteiger partial charge in [0.05, 0.1) is 42.3 Å². The molecule has 172 valence electrons. The number of cyclic esters (lactones) is 1. The van der Waals surface area contributed by atoms with Crippen molar-refractivity contribution in [2.75, 3.05) is 41.3 Å². The van der Waals surface area contributed by atoms with Crippen molar-refractivity contribution in [3.05, 3.63) is 65.8 Å². The fourth-order valence-electron chi connectivity index (χ4n) is 4.19. The third-order valence-corrected chi connectivity index (χ3v) is 6.14. The van der Waals surface area contributed by atoms with Gasteiger partial charge in [0, 0.05) is 18.8 Å². The third-order valence-electron chi connectivity index (χ3n) is 5.99. The maximum absolute atomic E-state index is 15.1. The van der Waals surface area contributed by atoms with Crippen LogP contribution < -0.4 is 20.4 Å². The average molecular weight is 468 g/mol. The molecule has 2 saturated heterocycles. The lowest BCUT2D eigenvalue weighted by Crippen LogP contribution is -2.47. The van der Waals surface area contributed by atoms with E-state index in [-0.39, 0.29) is 6.10 Å². The van der Waals surface area contributed by atoms with E-state index in [4.69, 9.17) is 23.5 Å². The fourth-order valence-corrected chi connectivity index (χ4v) is 4.27. The molecule has 0 radical (unpaired) electrons. The van der Waals surface area contributed by atoms with Gasteiger partial charge in [-0.1, -0.05) is 30.4 Å². The van der Waals surface area contributed by atoms with Gasteiger partial charge in [0.15, 0.2) is 0 Å². The zero-order valence-electron chi connectivity index (χ0n) is 18.4. The van der Waals surface area contributed by atoms with Crippen molar-refractivity contribution in [1.82, 2.24) is 5.32 Å². The van der Waals surface area contributed by atoms with Gasteiger partial charge in [0.1, 0.15) is 11.9 Å². The molecular formula is C24H26FN5O2S. The maximum Gasteiger partial charge on any atom is 0.414 e. The van der Waals surface area contributed by atoms with Crippen molar-refractivity contribution in [2.45, 2.75) is 31.5 Å². The summed E-state index contributed by atoms with van der Waals surface area (Å²) in [5.74, 6) is -0.400. The van der Waals surface area contributed by atoms with E-state index in [0.717, 1.165) is 5.69 Å². The fraction of sp³-hybridized carbons (Fsp3) is 0.375. The second kappa shape index (κ2) is 9.63. The predicted octanol–water partition coefficient (Wildman–Crippen LogP) is 4.42. The van der Waals surface area contributed by atoms with Gasteiger partial charge in [-0.2, -0.15) is 0 Å². The van der Waals surface area contributed by atoms with Crippen molar-refractivity contribution in [3.8, 4) is 0 Å². The molecule has 0 aliphatic carbocycles. The lowest BCUT2D eigenvalue weighted by molar-refractivity contribution is 0.143. The lowest BCUT2D eigenvalue weighted by Gasteiger charge is -2.36. The molecule has 1 amide bonds. The van der Waals surface area contributed by atoms with Crippen molar-refractivity contribution >= 4 is 40.4 Å². The summed E-state index contributed by atoms with van der Waals surface area (Å²) in [6.45, 7) is 11.3.